The highest BCUT2D eigenvalue weighted by molar-refractivity contribution is 5.75. The Morgan fingerprint density at radius 2 is 1.56 bits per heavy atom. The smallest absolute Gasteiger partial charge is 0.219 e. The van der Waals surface area contributed by atoms with Gasteiger partial charge in [0.15, 0.2) is 0 Å². The van der Waals surface area contributed by atoms with Gasteiger partial charge in [-0.15, -0.1) is 0 Å². The molecule has 0 spiro atoms. The molecule has 0 aliphatic rings. The zero-order valence-corrected chi connectivity index (χ0v) is 11.8. The van der Waals surface area contributed by atoms with Crippen molar-refractivity contribution in [3.05, 3.63) is 36.5 Å². The van der Waals surface area contributed by atoms with E-state index in [1.54, 1.807) is 0 Å². The van der Waals surface area contributed by atoms with Crippen molar-refractivity contribution in [3.8, 4) is 0 Å². The Morgan fingerprint density at radius 1 is 0.944 bits per heavy atom. The number of hydrogen-bond donors (Lipinski definition) is 1. The van der Waals surface area contributed by atoms with Crippen molar-refractivity contribution >= 4 is 5.91 Å². The maximum atomic E-state index is 11.2. The Hall–Kier alpha value is -1.31. The maximum Gasteiger partial charge on any atom is 0.219 e. The van der Waals surface area contributed by atoms with Crippen LogP contribution in [0.5, 0.6) is 0 Å². The number of amides is 1. The van der Waals surface area contributed by atoms with Crippen LogP contribution in [0.2, 0.25) is 0 Å². The lowest BCUT2D eigenvalue weighted by molar-refractivity contribution is -0.121. The summed E-state index contributed by atoms with van der Waals surface area (Å²) in [5.41, 5.74) is 0. The monoisotopic (exact) mass is 249 g/mol. The fourth-order valence-electron chi connectivity index (χ4n) is 1.49. The molecule has 0 atom stereocenters. The summed E-state index contributed by atoms with van der Waals surface area (Å²) in [6.45, 7) is 4.81. The molecular weight excluding hydrogens is 222 g/mol. The molecule has 0 bridgehead atoms. The highest BCUT2D eigenvalue weighted by atomic mass is 16.1. The Labute approximate surface area is 112 Å². The summed E-state index contributed by atoms with van der Waals surface area (Å²) >= 11 is 0. The fraction of sp³-hybridized carbons (Fsp3) is 0.562. The number of carbonyl (C=O) groups excluding carboxylic acids is 1. The third-order valence-electron chi connectivity index (χ3n) is 2.43. The summed E-state index contributed by atoms with van der Waals surface area (Å²) in [7, 11) is 0. The molecule has 0 radical (unpaired) electrons. The number of hydrogen-bond acceptors (Lipinski definition) is 1. The van der Waals surface area contributed by atoms with Crippen LogP contribution in [-0.4, -0.2) is 12.5 Å². The largest absolute Gasteiger partial charge is 0.356 e. The van der Waals surface area contributed by atoms with E-state index in [1.165, 1.54) is 0 Å². The summed E-state index contributed by atoms with van der Waals surface area (Å²) in [6, 6.07) is 0. The van der Waals surface area contributed by atoms with Crippen LogP contribution in [0.15, 0.2) is 36.5 Å². The third kappa shape index (κ3) is 12.8. The van der Waals surface area contributed by atoms with E-state index >= 15 is 0 Å². The van der Waals surface area contributed by atoms with Crippen molar-refractivity contribution < 1.29 is 4.79 Å². The van der Waals surface area contributed by atoms with Crippen LogP contribution in [-0.2, 0) is 4.79 Å². The van der Waals surface area contributed by atoms with Gasteiger partial charge in [0.1, 0.15) is 0 Å². The molecule has 0 unspecified atom stereocenters. The molecule has 102 valence electrons. The minimum Gasteiger partial charge on any atom is -0.356 e. The molecule has 0 fully saturated rings. The summed E-state index contributed by atoms with van der Waals surface area (Å²) in [4.78, 5) is 11.2. The van der Waals surface area contributed by atoms with Crippen molar-refractivity contribution in [2.75, 3.05) is 6.54 Å². The van der Waals surface area contributed by atoms with E-state index in [4.69, 9.17) is 0 Å². The molecule has 1 N–H and O–H groups in total. The Balaban J connectivity index is 3.38. The van der Waals surface area contributed by atoms with Crippen LogP contribution in [0.4, 0.5) is 0 Å². The highest BCUT2D eigenvalue weighted by Crippen LogP contribution is 1.98. The van der Waals surface area contributed by atoms with Crippen LogP contribution in [0, 0.1) is 0 Å². The fourth-order valence-corrected chi connectivity index (χ4v) is 1.49. The van der Waals surface area contributed by atoms with E-state index in [0.717, 1.165) is 38.6 Å². The van der Waals surface area contributed by atoms with Crippen LogP contribution >= 0.6 is 0 Å². The number of nitrogens with one attached hydrogen (secondary N) is 1. The highest BCUT2D eigenvalue weighted by Gasteiger charge is 1.96. The van der Waals surface area contributed by atoms with Crippen molar-refractivity contribution in [2.45, 2.75) is 52.4 Å². The standard InChI is InChI=1S/C16H27NO/c1-3-5-6-7-8-9-10-11-12-13-14-15-16(18)17-4-2/h5-6,8-9,11-12H,3-4,7,10,13-15H2,1-2H3,(H,17,18)/b6-5-,9-8-,12-11-. The number of carbonyl (C=O) groups is 1. The van der Waals surface area contributed by atoms with Crippen LogP contribution in [0.3, 0.4) is 0 Å². The van der Waals surface area contributed by atoms with Gasteiger partial charge in [-0.25, -0.2) is 0 Å². The Bertz CT molecular complexity index is 277. The van der Waals surface area contributed by atoms with E-state index in [2.05, 4.69) is 48.7 Å². The van der Waals surface area contributed by atoms with Crippen LogP contribution in [0.25, 0.3) is 0 Å². The molecule has 18 heavy (non-hydrogen) atoms. The van der Waals surface area contributed by atoms with E-state index in [9.17, 15) is 4.79 Å². The molecule has 0 rings (SSSR count). The van der Waals surface area contributed by atoms with E-state index in [1.807, 2.05) is 6.92 Å². The maximum absolute atomic E-state index is 11.2. The second-order valence-corrected chi connectivity index (χ2v) is 4.14. The molecule has 2 nitrogen and oxygen atoms in total. The van der Waals surface area contributed by atoms with E-state index in [0.29, 0.717) is 6.42 Å². The molecule has 0 aliphatic carbocycles. The molecule has 0 saturated heterocycles. The zero-order chi connectivity index (χ0) is 13.5. The van der Waals surface area contributed by atoms with Crippen molar-refractivity contribution in [1.82, 2.24) is 5.32 Å². The summed E-state index contributed by atoms with van der Waals surface area (Å²) in [5, 5.41) is 2.80. The molecule has 2 heteroatoms. The van der Waals surface area contributed by atoms with Gasteiger partial charge < -0.3 is 5.32 Å². The van der Waals surface area contributed by atoms with Gasteiger partial charge in [0.2, 0.25) is 5.91 Å². The molecule has 1 amide bonds. The Morgan fingerprint density at radius 3 is 2.17 bits per heavy atom. The van der Waals surface area contributed by atoms with Gasteiger partial charge in [-0.3, -0.25) is 4.79 Å². The van der Waals surface area contributed by atoms with E-state index in [-0.39, 0.29) is 5.91 Å². The first kappa shape index (κ1) is 16.7. The van der Waals surface area contributed by atoms with Crippen molar-refractivity contribution in [3.63, 3.8) is 0 Å². The lowest BCUT2D eigenvalue weighted by Crippen LogP contribution is -2.21. The zero-order valence-electron chi connectivity index (χ0n) is 11.8. The topological polar surface area (TPSA) is 29.1 Å². The summed E-state index contributed by atoms with van der Waals surface area (Å²) < 4.78 is 0. The normalized spacial score (nSPS) is 11.9. The predicted molar refractivity (Wildman–Crippen MR) is 79.5 cm³/mol. The minimum atomic E-state index is 0.161. The first-order valence-electron chi connectivity index (χ1n) is 7.02. The van der Waals surface area contributed by atoms with Gasteiger partial charge in [-0.2, -0.15) is 0 Å². The molecule has 0 aromatic rings. The summed E-state index contributed by atoms with van der Waals surface area (Å²) in [5.74, 6) is 0.161. The number of rotatable bonds is 10. The van der Waals surface area contributed by atoms with Gasteiger partial charge in [-0.1, -0.05) is 43.4 Å². The molecule has 0 aromatic heterocycles. The lowest BCUT2D eigenvalue weighted by atomic mass is 10.2. The average molecular weight is 249 g/mol. The SMILES string of the molecule is CC/C=C\C/C=C\C/C=C\CCCC(=O)NCC. The number of unbranched alkanes of at least 4 members (excludes halogenated alkanes) is 1. The molecular formula is C16H27NO. The molecule has 0 saturated carbocycles. The average Bonchev–Trinajstić information content (AvgIpc) is 2.36. The first-order valence-corrected chi connectivity index (χ1v) is 7.02. The third-order valence-corrected chi connectivity index (χ3v) is 2.43. The van der Waals surface area contributed by atoms with Gasteiger partial charge >= 0.3 is 0 Å². The van der Waals surface area contributed by atoms with Gasteiger partial charge in [-0.05, 0) is 39.0 Å². The van der Waals surface area contributed by atoms with Gasteiger partial charge in [0.25, 0.3) is 0 Å². The van der Waals surface area contributed by atoms with Crippen LogP contribution in [0.1, 0.15) is 52.4 Å². The lowest BCUT2D eigenvalue weighted by Gasteiger charge is -1.99. The van der Waals surface area contributed by atoms with E-state index < -0.39 is 0 Å². The molecule has 0 aromatic carbocycles. The van der Waals surface area contributed by atoms with Crippen LogP contribution < -0.4 is 5.32 Å². The van der Waals surface area contributed by atoms with Crippen molar-refractivity contribution in [1.29, 1.82) is 0 Å². The summed E-state index contributed by atoms with van der Waals surface area (Å²) in [6.07, 6.45) is 18.7. The second-order valence-electron chi connectivity index (χ2n) is 4.14. The first-order chi connectivity index (χ1) is 8.81. The van der Waals surface area contributed by atoms with Gasteiger partial charge in [0.05, 0.1) is 0 Å². The number of allylic oxidation sites excluding steroid dienone is 6. The quantitative estimate of drug-likeness (QED) is 0.457. The van der Waals surface area contributed by atoms with Crippen molar-refractivity contribution in [2.24, 2.45) is 0 Å². The molecule has 0 aliphatic heterocycles. The molecule has 0 heterocycles. The second kappa shape index (κ2) is 13.8. The van der Waals surface area contributed by atoms with Gasteiger partial charge in [0, 0.05) is 13.0 Å². The Kier molecular flexibility index (Phi) is 12.8. The predicted octanol–water partition coefficient (Wildman–Crippen LogP) is 4.15. The minimum absolute atomic E-state index is 0.161.